The summed E-state index contributed by atoms with van der Waals surface area (Å²) in [4.78, 5) is 0. The van der Waals surface area contributed by atoms with Gasteiger partial charge in [0.1, 0.15) is 60.7 Å². The van der Waals surface area contributed by atoms with Crippen LogP contribution in [0.25, 0.3) is 0 Å². The molecule has 30 heavy (non-hydrogen) atoms. The molecular weight excluding hydrogens is 404 g/mol. The van der Waals surface area contributed by atoms with Crippen LogP contribution in [0.3, 0.4) is 0 Å². The lowest BCUT2D eigenvalue weighted by molar-refractivity contribution is -0.342. The molecule has 170 valence electrons. The molecule has 0 amide bonds. The summed E-state index contributed by atoms with van der Waals surface area (Å²) in [6, 6.07) is 6.65. The summed E-state index contributed by atoms with van der Waals surface area (Å²) in [7, 11) is 1.47. The maximum absolute atomic E-state index is 10.9. The van der Waals surface area contributed by atoms with Gasteiger partial charge in [0.2, 0.25) is 0 Å². The molecule has 3 rings (SSSR count). The Labute approximate surface area is 172 Å². The monoisotopic (exact) mass is 432 g/mol. The minimum absolute atomic E-state index is 0.495. The van der Waals surface area contributed by atoms with Crippen LogP contribution < -0.4 is 4.74 Å². The number of aliphatic hydroxyl groups excluding tert-OH is 7. The summed E-state index contributed by atoms with van der Waals surface area (Å²) in [5.74, 6) is 0.501. The Morgan fingerprint density at radius 2 is 1.50 bits per heavy atom. The van der Waals surface area contributed by atoms with E-state index >= 15 is 0 Å². The highest BCUT2D eigenvalue weighted by Gasteiger charge is 2.50. The third-order valence-corrected chi connectivity index (χ3v) is 5.43. The molecule has 2 aliphatic rings. The Bertz CT molecular complexity index is 686. The quantitative estimate of drug-likeness (QED) is 0.244. The summed E-state index contributed by atoms with van der Waals surface area (Å²) in [5, 5.41) is 70.3. The van der Waals surface area contributed by atoms with Gasteiger partial charge in [0.15, 0.2) is 6.29 Å². The van der Waals surface area contributed by atoms with Gasteiger partial charge in [-0.1, -0.05) is 12.1 Å². The van der Waals surface area contributed by atoms with Gasteiger partial charge in [-0.25, -0.2) is 0 Å². The molecule has 0 aliphatic carbocycles. The normalized spacial score (nSPS) is 42.1. The Kier molecular flexibility index (Phi) is 7.63. The summed E-state index contributed by atoms with van der Waals surface area (Å²) in [5.41, 5.74) is 0.495. The summed E-state index contributed by atoms with van der Waals surface area (Å²) >= 11 is 0. The predicted molar refractivity (Wildman–Crippen MR) is 98.3 cm³/mol. The van der Waals surface area contributed by atoms with Crippen molar-refractivity contribution in [3.63, 3.8) is 0 Å². The van der Waals surface area contributed by atoms with E-state index < -0.39 is 74.4 Å². The molecule has 11 nitrogen and oxygen atoms in total. The van der Waals surface area contributed by atoms with Crippen LogP contribution in [0, 0.1) is 0 Å². The Morgan fingerprint density at radius 3 is 2.13 bits per heavy atom. The van der Waals surface area contributed by atoms with Gasteiger partial charge >= 0.3 is 0 Å². The molecule has 7 N–H and O–H groups in total. The molecule has 0 radical (unpaired) electrons. The smallest absolute Gasteiger partial charge is 0.187 e. The van der Waals surface area contributed by atoms with E-state index in [4.69, 9.17) is 18.9 Å². The van der Waals surface area contributed by atoms with E-state index in [1.807, 2.05) is 0 Å². The van der Waals surface area contributed by atoms with Crippen LogP contribution in [0.4, 0.5) is 0 Å². The molecule has 11 heteroatoms. The second-order valence-corrected chi connectivity index (χ2v) is 7.33. The topological polar surface area (TPSA) is 179 Å². The minimum Gasteiger partial charge on any atom is -0.497 e. The summed E-state index contributed by atoms with van der Waals surface area (Å²) in [6.07, 6.45) is -14.3. The fourth-order valence-corrected chi connectivity index (χ4v) is 3.68. The van der Waals surface area contributed by atoms with Crippen LogP contribution in [0.15, 0.2) is 24.3 Å². The summed E-state index contributed by atoms with van der Waals surface area (Å²) < 4.78 is 21.7. The van der Waals surface area contributed by atoms with Crippen molar-refractivity contribution in [2.75, 3.05) is 20.3 Å². The summed E-state index contributed by atoms with van der Waals surface area (Å²) in [6.45, 7) is -1.24. The van der Waals surface area contributed by atoms with Crippen LogP contribution in [-0.2, 0) is 14.2 Å². The van der Waals surface area contributed by atoms with Crippen LogP contribution in [0.2, 0.25) is 0 Å². The van der Waals surface area contributed by atoms with E-state index in [1.165, 1.54) is 7.11 Å². The van der Waals surface area contributed by atoms with Crippen molar-refractivity contribution < 1.29 is 54.7 Å². The highest BCUT2D eigenvalue weighted by molar-refractivity contribution is 5.31. The molecular formula is C19H28O11. The second kappa shape index (κ2) is 9.83. The fourth-order valence-electron chi connectivity index (χ4n) is 3.68. The zero-order chi connectivity index (χ0) is 22.0. The van der Waals surface area contributed by atoms with Crippen molar-refractivity contribution >= 4 is 0 Å². The standard InChI is InChI=1S/C19H28O11/c1-27-9-4-2-3-8(5-9)17-16(26)18(13(23)11(7-21)28-17)30-19-15(25)14(24)12(22)10(6-20)29-19/h2-5,10-26H,6-7H2,1H3/t10-,11-,12-,13+,14+,15+,16+,17-,18+,19-/m1/s1. The SMILES string of the molecule is COc1cccc([C@H]2O[C@H](CO)[C@H](O)[C@H](O[C@H]3O[C@H](CO)[C@@H](O)[C@H](O)[C@@H]3O)[C@H]2O)c1. The molecule has 10 atom stereocenters. The third kappa shape index (κ3) is 4.46. The number of ether oxygens (including phenoxy) is 4. The van der Waals surface area contributed by atoms with E-state index in [0.29, 0.717) is 11.3 Å². The van der Waals surface area contributed by atoms with Gasteiger partial charge in [-0.15, -0.1) is 0 Å². The molecule has 0 unspecified atom stereocenters. The van der Waals surface area contributed by atoms with Gasteiger partial charge in [0.25, 0.3) is 0 Å². The van der Waals surface area contributed by atoms with Gasteiger partial charge < -0.3 is 54.7 Å². The first-order valence-electron chi connectivity index (χ1n) is 9.54. The van der Waals surface area contributed by atoms with Crippen LogP contribution in [-0.4, -0.2) is 111 Å². The maximum Gasteiger partial charge on any atom is 0.187 e. The lowest BCUT2D eigenvalue weighted by atomic mass is 9.90. The van der Waals surface area contributed by atoms with Gasteiger partial charge in [0, 0.05) is 0 Å². The van der Waals surface area contributed by atoms with Crippen molar-refractivity contribution in [1.29, 1.82) is 0 Å². The second-order valence-electron chi connectivity index (χ2n) is 7.33. The van der Waals surface area contributed by atoms with Crippen LogP contribution in [0.1, 0.15) is 11.7 Å². The van der Waals surface area contributed by atoms with Crippen molar-refractivity contribution in [1.82, 2.24) is 0 Å². The number of aliphatic hydroxyl groups is 7. The maximum atomic E-state index is 10.9. The van der Waals surface area contributed by atoms with E-state index in [2.05, 4.69) is 0 Å². The number of rotatable bonds is 6. The van der Waals surface area contributed by atoms with E-state index in [1.54, 1.807) is 24.3 Å². The number of benzene rings is 1. The highest BCUT2D eigenvalue weighted by atomic mass is 16.7. The zero-order valence-electron chi connectivity index (χ0n) is 16.3. The van der Waals surface area contributed by atoms with Crippen LogP contribution in [0.5, 0.6) is 5.75 Å². The predicted octanol–water partition coefficient (Wildman–Crippen LogP) is -2.97. The molecule has 0 spiro atoms. The van der Waals surface area contributed by atoms with Gasteiger partial charge in [-0.2, -0.15) is 0 Å². The van der Waals surface area contributed by atoms with E-state index in [9.17, 15) is 35.7 Å². The molecule has 0 bridgehead atoms. The van der Waals surface area contributed by atoms with Gasteiger partial charge in [-0.3, -0.25) is 0 Å². The average Bonchev–Trinajstić information content (AvgIpc) is 2.76. The average molecular weight is 432 g/mol. The van der Waals surface area contributed by atoms with E-state index in [0.717, 1.165) is 0 Å². The highest BCUT2D eigenvalue weighted by Crippen LogP contribution is 2.36. The van der Waals surface area contributed by atoms with Crippen molar-refractivity contribution in [3.8, 4) is 5.75 Å². The first kappa shape index (κ1) is 23.3. The van der Waals surface area contributed by atoms with Crippen LogP contribution >= 0.6 is 0 Å². The Morgan fingerprint density at radius 1 is 0.833 bits per heavy atom. The number of hydrogen-bond donors (Lipinski definition) is 7. The lowest BCUT2D eigenvalue weighted by Crippen LogP contribution is -2.63. The Balaban J connectivity index is 1.84. The molecule has 2 fully saturated rings. The minimum atomic E-state index is -1.71. The number of hydrogen-bond acceptors (Lipinski definition) is 11. The third-order valence-electron chi connectivity index (χ3n) is 5.43. The first-order valence-corrected chi connectivity index (χ1v) is 9.54. The van der Waals surface area contributed by atoms with Crippen molar-refractivity contribution in [2.24, 2.45) is 0 Å². The zero-order valence-corrected chi connectivity index (χ0v) is 16.3. The Hall–Kier alpha value is -1.38. The van der Waals surface area contributed by atoms with Crippen molar-refractivity contribution in [2.45, 2.75) is 61.2 Å². The van der Waals surface area contributed by atoms with E-state index in [-0.39, 0.29) is 0 Å². The molecule has 0 aromatic heterocycles. The molecule has 0 saturated carbocycles. The molecule has 2 aliphatic heterocycles. The largest absolute Gasteiger partial charge is 0.497 e. The fraction of sp³-hybridized carbons (Fsp3) is 0.684. The molecule has 1 aromatic carbocycles. The van der Waals surface area contributed by atoms with Crippen molar-refractivity contribution in [3.05, 3.63) is 29.8 Å². The van der Waals surface area contributed by atoms with Gasteiger partial charge in [-0.05, 0) is 17.7 Å². The van der Waals surface area contributed by atoms with Gasteiger partial charge in [0.05, 0.1) is 20.3 Å². The molecule has 2 saturated heterocycles. The lowest BCUT2D eigenvalue weighted by Gasteiger charge is -2.46. The first-order chi connectivity index (χ1) is 14.3. The number of methoxy groups -OCH3 is 1. The molecule has 2 heterocycles. The molecule has 1 aromatic rings.